The Labute approximate surface area is 96.6 Å². The van der Waals surface area contributed by atoms with E-state index in [0.29, 0.717) is 5.75 Å². The lowest BCUT2D eigenvalue weighted by Gasteiger charge is -2.28. The molecule has 0 radical (unpaired) electrons. The lowest BCUT2D eigenvalue weighted by atomic mass is 9.95. The van der Waals surface area contributed by atoms with Crippen LogP contribution in [0.2, 0.25) is 0 Å². The van der Waals surface area contributed by atoms with Crippen LogP contribution in [0.25, 0.3) is 0 Å². The normalized spacial score (nSPS) is 15.4. The van der Waals surface area contributed by atoms with Crippen molar-refractivity contribution >= 4 is 0 Å². The summed E-state index contributed by atoms with van der Waals surface area (Å²) in [5, 5.41) is 2.22. The molecule has 2 nitrogen and oxygen atoms in total. The summed E-state index contributed by atoms with van der Waals surface area (Å²) in [6.07, 6.45) is -4.97. The van der Waals surface area contributed by atoms with Crippen molar-refractivity contribution < 1.29 is 22.3 Å². The minimum absolute atomic E-state index is 0.378. The maximum atomic E-state index is 14.0. The van der Waals surface area contributed by atoms with Crippen LogP contribution in [0, 0.1) is 0 Å². The van der Waals surface area contributed by atoms with Crippen molar-refractivity contribution in [3.8, 4) is 5.75 Å². The van der Waals surface area contributed by atoms with Crippen molar-refractivity contribution in [2.45, 2.75) is 11.8 Å². The van der Waals surface area contributed by atoms with E-state index in [2.05, 4.69) is 5.32 Å². The van der Waals surface area contributed by atoms with Gasteiger partial charge in [-0.1, -0.05) is 12.1 Å². The quantitative estimate of drug-likeness (QED) is 0.831. The fourth-order valence-electron chi connectivity index (χ4n) is 1.46. The van der Waals surface area contributed by atoms with Crippen molar-refractivity contribution in [1.82, 2.24) is 5.32 Å². The number of halogens is 4. The van der Waals surface area contributed by atoms with Crippen LogP contribution in [0.5, 0.6) is 5.75 Å². The summed E-state index contributed by atoms with van der Waals surface area (Å²) in [7, 11) is 2.65. The first-order valence-corrected chi connectivity index (χ1v) is 4.90. The third-order valence-corrected chi connectivity index (χ3v) is 2.42. The summed E-state index contributed by atoms with van der Waals surface area (Å²) < 4.78 is 57.0. The second kappa shape index (κ2) is 4.91. The minimum Gasteiger partial charge on any atom is -0.497 e. The van der Waals surface area contributed by atoms with E-state index in [-0.39, 0.29) is 0 Å². The van der Waals surface area contributed by atoms with Crippen molar-refractivity contribution in [2.24, 2.45) is 0 Å². The first kappa shape index (κ1) is 13.8. The molecule has 0 bridgehead atoms. The Morgan fingerprint density at radius 2 is 1.65 bits per heavy atom. The zero-order valence-corrected chi connectivity index (χ0v) is 9.44. The van der Waals surface area contributed by atoms with Gasteiger partial charge in [0.1, 0.15) is 5.75 Å². The summed E-state index contributed by atoms with van der Waals surface area (Å²) in [6, 6.07) is 4.74. The molecule has 1 atom stereocenters. The average molecular weight is 251 g/mol. The molecule has 17 heavy (non-hydrogen) atoms. The molecular formula is C11H13F4NO. The highest BCUT2D eigenvalue weighted by Gasteiger charge is 2.56. The van der Waals surface area contributed by atoms with E-state index in [1.54, 1.807) is 0 Å². The average Bonchev–Trinajstić information content (AvgIpc) is 2.28. The Bertz CT molecular complexity index is 363. The van der Waals surface area contributed by atoms with Crippen molar-refractivity contribution in [1.29, 1.82) is 0 Å². The van der Waals surface area contributed by atoms with Gasteiger partial charge >= 0.3 is 6.18 Å². The molecule has 0 saturated heterocycles. The van der Waals surface area contributed by atoms with Crippen molar-refractivity contribution in [3.05, 3.63) is 29.8 Å². The van der Waals surface area contributed by atoms with Gasteiger partial charge in [0, 0.05) is 6.54 Å². The number of ether oxygens (including phenoxy) is 1. The Hall–Kier alpha value is -1.30. The molecular weight excluding hydrogens is 238 g/mol. The molecule has 0 aliphatic rings. The van der Waals surface area contributed by atoms with Gasteiger partial charge < -0.3 is 10.1 Å². The molecule has 6 heteroatoms. The first-order valence-electron chi connectivity index (χ1n) is 4.90. The summed E-state index contributed by atoms with van der Waals surface area (Å²) >= 11 is 0. The van der Waals surface area contributed by atoms with Gasteiger partial charge in [0.15, 0.2) is 0 Å². The van der Waals surface area contributed by atoms with Crippen LogP contribution >= 0.6 is 0 Å². The van der Waals surface area contributed by atoms with Crippen LogP contribution in [0.15, 0.2) is 24.3 Å². The van der Waals surface area contributed by atoms with Gasteiger partial charge in [0.05, 0.1) is 7.11 Å². The highest BCUT2D eigenvalue weighted by atomic mass is 19.4. The predicted molar refractivity (Wildman–Crippen MR) is 55.8 cm³/mol. The highest BCUT2D eigenvalue weighted by molar-refractivity contribution is 5.32. The third-order valence-electron chi connectivity index (χ3n) is 2.42. The number of likely N-dealkylation sites (N-methyl/N-ethyl adjacent to an activating group) is 1. The number of benzene rings is 1. The van der Waals surface area contributed by atoms with Gasteiger partial charge in [-0.25, -0.2) is 4.39 Å². The second-order valence-electron chi connectivity index (χ2n) is 3.56. The first-order chi connectivity index (χ1) is 7.85. The largest absolute Gasteiger partial charge is 0.497 e. The Balaban J connectivity index is 3.13. The van der Waals surface area contributed by atoms with Gasteiger partial charge in [0.25, 0.3) is 0 Å². The van der Waals surface area contributed by atoms with Gasteiger partial charge in [-0.3, -0.25) is 0 Å². The summed E-state index contributed by atoms with van der Waals surface area (Å²) in [5.41, 5.74) is -3.84. The highest BCUT2D eigenvalue weighted by Crippen LogP contribution is 2.42. The maximum absolute atomic E-state index is 14.0. The molecule has 0 aromatic heterocycles. The summed E-state index contributed by atoms with van der Waals surface area (Å²) in [6.45, 7) is -0.831. The Morgan fingerprint density at radius 3 is 2.00 bits per heavy atom. The summed E-state index contributed by atoms with van der Waals surface area (Å²) in [5.74, 6) is 0.378. The smallest absolute Gasteiger partial charge is 0.428 e. The van der Waals surface area contributed by atoms with Crippen LogP contribution < -0.4 is 10.1 Å². The monoisotopic (exact) mass is 251 g/mol. The van der Waals surface area contributed by atoms with Gasteiger partial charge in [-0.05, 0) is 24.7 Å². The predicted octanol–water partition coefficient (Wildman–Crippen LogP) is 2.64. The molecule has 1 aromatic rings. The molecule has 0 amide bonds. The number of methoxy groups -OCH3 is 1. The van der Waals surface area contributed by atoms with Gasteiger partial charge in [0.2, 0.25) is 5.67 Å². The topological polar surface area (TPSA) is 21.3 Å². The lowest BCUT2D eigenvalue weighted by Crippen LogP contribution is -2.45. The molecule has 0 heterocycles. The zero-order chi connectivity index (χ0) is 13.1. The van der Waals surface area contributed by atoms with Crippen LogP contribution in [0.1, 0.15) is 5.56 Å². The molecule has 1 aromatic carbocycles. The molecule has 0 aliphatic carbocycles. The molecule has 0 spiro atoms. The van der Waals surface area contributed by atoms with Crippen molar-refractivity contribution in [2.75, 3.05) is 20.7 Å². The Kier molecular flexibility index (Phi) is 3.98. The third kappa shape index (κ3) is 2.69. The molecule has 96 valence electrons. The van der Waals surface area contributed by atoms with Crippen LogP contribution in [-0.2, 0) is 5.67 Å². The molecule has 1 N–H and O–H groups in total. The Morgan fingerprint density at radius 1 is 1.12 bits per heavy atom. The fraction of sp³-hybridized carbons (Fsp3) is 0.455. The molecule has 1 unspecified atom stereocenters. The van der Waals surface area contributed by atoms with Crippen LogP contribution in [0.3, 0.4) is 0 Å². The standard InChI is InChI=1S/C11H13F4NO/c1-16-7-10(12,11(13,14)15)8-3-5-9(17-2)6-4-8/h3-6,16H,7H2,1-2H3. The van der Waals surface area contributed by atoms with Crippen LogP contribution in [-0.4, -0.2) is 26.9 Å². The second-order valence-corrected chi connectivity index (χ2v) is 3.56. The number of rotatable bonds is 4. The maximum Gasteiger partial charge on any atom is 0.428 e. The van der Waals surface area contributed by atoms with E-state index in [1.165, 1.54) is 26.3 Å². The number of hydrogen-bond acceptors (Lipinski definition) is 2. The van der Waals surface area contributed by atoms with E-state index in [4.69, 9.17) is 4.74 Å². The van der Waals surface area contributed by atoms with E-state index in [0.717, 1.165) is 12.1 Å². The van der Waals surface area contributed by atoms with E-state index < -0.39 is 24.0 Å². The van der Waals surface area contributed by atoms with Crippen LogP contribution in [0.4, 0.5) is 17.6 Å². The molecule has 1 rings (SSSR count). The van der Waals surface area contributed by atoms with Gasteiger partial charge in [-0.2, -0.15) is 13.2 Å². The molecule has 0 saturated carbocycles. The van der Waals surface area contributed by atoms with E-state index in [9.17, 15) is 17.6 Å². The lowest BCUT2D eigenvalue weighted by molar-refractivity contribution is -0.233. The van der Waals surface area contributed by atoms with E-state index in [1.807, 2.05) is 0 Å². The molecule has 0 aliphatic heterocycles. The fourth-order valence-corrected chi connectivity index (χ4v) is 1.46. The zero-order valence-electron chi connectivity index (χ0n) is 9.44. The minimum atomic E-state index is -4.97. The van der Waals surface area contributed by atoms with E-state index >= 15 is 0 Å². The van der Waals surface area contributed by atoms with Crippen molar-refractivity contribution in [3.63, 3.8) is 0 Å². The number of alkyl halides is 4. The number of nitrogens with one attached hydrogen (secondary N) is 1. The molecule has 0 fully saturated rings. The van der Waals surface area contributed by atoms with Gasteiger partial charge in [-0.15, -0.1) is 0 Å². The summed E-state index contributed by atoms with van der Waals surface area (Å²) in [4.78, 5) is 0. The SMILES string of the molecule is CNCC(F)(c1ccc(OC)cc1)C(F)(F)F. The number of hydrogen-bond donors (Lipinski definition) is 1.